The van der Waals surface area contributed by atoms with Crippen molar-refractivity contribution in [2.75, 3.05) is 14.2 Å². The van der Waals surface area contributed by atoms with Gasteiger partial charge in [-0.2, -0.15) is 0 Å². The number of benzene rings is 1. The zero-order valence-corrected chi connectivity index (χ0v) is 10.2. The molecule has 0 bridgehead atoms. The molecule has 0 saturated heterocycles. The van der Waals surface area contributed by atoms with Crippen LogP contribution in [0, 0.1) is 5.92 Å². The first-order valence-electron chi connectivity index (χ1n) is 5.34. The number of ether oxygens (including phenoxy) is 2. The molecule has 0 heterocycles. The van der Waals surface area contributed by atoms with Gasteiger partial charge in [0, 0.05) is 6.42 Å². The molecule has 0 amide bonds. The third-order valence-electron chi connectivity index (χ3n) is 2.30. The predicted octanol–water partition coefficient (Wildman–Crippen LogP) is 2.93. The quantitative estimate of drug-likeness (QED) is 0.718. The van der Waals surface area contributed by atoms with Crippen LogP contribution in [0.15, 0.2) is 18.2 Å². The zero-order chi connectivity index (χ0) is 12.1. The Balaban J connectivity index is 3.12. The maximum Gasteiger partial charge on any atom is 0.170 e. The summed E-state index contributed by atoms with van der Waals surface area (Å²) < 4.78 is 10.4. The summed E-state index contributed by atoms with van der Waals surface area (Å²) in [5, 5.41) is 0. The maximum absolute atomic E-state index is 12.1. The lowest BCUT2D eigenvalue weighted by Gasteiger charge is -2.12. The number of carbonyl (C=O) groups excluding carboxylic acids is 1. The highest BCUT2D eigenvalue weighted by atomic mass is 16.5. The Morgan fingerprint density at radius 1 is 1.19 bits per heavy atom. The highest BCUT2D eigenvalue weighted by Crippen LogP contribution is 2.30. The molecule has 0 aromatic heterocycles. The van der Waals surface area contributed by atoms with E-state index in [0.717, 1.165) is 0 Å². The summed E-state index contributed by atoms with van der Waals surface area (Å²) >= 11 is 0. The van der Waals surface area contributed by atoms with E-state index in [2.05, 4.69) is 0 Å². The summed E-state index contributed by atoms with van der Waals surface area (Å²) in [5.41, 5.74) is 0.543. The van der Waals surface area contributed by atoms with E-state index in [0.29, 0.717) is 29.4 Å². The molecule has 16 heavy (non-hydrogen) atoms. The van der Waals surface area contributed by atoms with E-state index in [1.807, 2.05) is 19.9 Å². The molecular weight excluding hydrogens is 204 g/mol. The summed E-state index contributed by atoms with van der Waals surface area (Å²) in [4.78, 5) is 12.1. The molecule has 0 fully saturated rings. The van der Waals surface area contributed by atoms with Crippen LogP contribution in [0.4, 0.5) is 0 Å². The monoisotopic (exact) mass is 222 g/mol. The van der Waals surface area contributed by atoms with E-state index in [9.17, 15) is 4.79 Å². The van der Waals surface area contributed by atoms with Crippen LogP contribution in [0.5, 0.6) is 11.5 Å². The average Bonchev–Trinajstić information content (AvgIpc) is 2.26. The Labute approximate surface area is 96.4 Å². The Morgan fingerprint density at radius 3 is 2.06 bits per heavy atom. The first-order valence-corrected chi connectivity index (χ1v) is 5.34. The molecule has 0 aliphatic heterocycles. The van der Waals surface area contributed by atoms with Crippen molar-refractivity contribution < 1.29 is 14.3 Å². The highest BCUT2D eigenvalue weighted by molar-refractivity contribution is 6.01. The Kier molecular flexibility index (Phi) is 4.35. The topological polar surface area (TPSA) is 35.5 Å². The molecule has 0 aliphatic carbocycles. The van der Waals surface area contributed by atoms with Crippen molar-refractivity contribution in [3.8, 4) is 11.5 Å². The summed E-state index contributed by atoms with van der Waals surface area (Å²) in [6.07, 6.45) is 0.497. The van der Waals surface area contributed by atoms with Gasteiger partial charge in [0.25, 0.3) is 0 Å². The fourth-order valence-electron chi connectivity index (χ4n) is 1.60. The first-order chi connectivity index (χ1) is 7.60. The van der Waals surface area contributed by atoms with Gasteiger partial charge in [0.05, 0.1) is 14.2 Å². The number of methoxy groups -OCH3 is 2. The van der Waals surface area contributed by atoms with Gasteiger partial charge in [0.15, 0.2) is 5.78 Å². The average molecular weight is 222 g/mol. The molecule has 1 aromatic carbocycles. The molecule has 0 spiro atoms. The van der Waals surface area contributed by atoms with Crippen molar-refractivity contribution in [3.63, 3.8) is 0 Å². The minimum Gasteiger partial charge on any atom is -0.496 e. The third-order valence-corrected chi connectivity index (χ3v) is 2.30. The first kappa shape index (κ1) is 12.6. The van der Waals surface area contributed by atoms with E-state index in [1.54, 1.807) is 26.4 Å². The van der Waals surface area contributed by atoms with Gasteiger partial charge in [-0.15, -0.1) is 0 Å². The number of hydrogen-bond donors (Lipinski definition) is 0. The summed E-state index contributed by atoms with van der Waals surface area (Å²) in [7, 11) is 3.11. The predicted molar refractivity (Wildman–Crippen MR) is 63.3 cm³/mol. The molecule has 3 heteroatoms. The SMILES string of the molecule is COc1cccc(OC)c1C(=O)CC(C)C. The van der Waals surface area contributed by atoms with Gasteiger partial charge >= 0.3 is 0 Å². The Hall–Kier alpha value is -1.51. The minimum absolute atomic E-state index is 0.0595. The van der Waals surface area contributed by atoms with Gasteiger partial charge in [-0.1, -0.05) is 19.9 Å². The van der Waals surface area contributed by atoms with Crippen LogP contribution in [-0.4, -0.2) is 20.0 Å². The van der Waals surface area contributed by atoms with Crippen LogP contribution < -0.4 is 9.47 Å². The molecule has 0 unspecified atom stereocenters. The molecule has 1 aromatic rings. The van der Waals surface area contributed by atoms with Crippen molar-refractivity contribution >= 4 is 5.78 Å². The van der Waals surface area contributed by atoms with E-state index in [4.69, 9.17) is 9.47 Å². The van der Waals surface area contributed by atoms with E-state index >= 15 is 0 Å². The molecule has 0 aliphatic rings. The van der Waals surface area contributed by atoms with E-state index < -0.39 is 0 Å². The largest absolute Gasteiger partial charge is 0.496 e. The zero-order valence-electron chi connectivity index (χ0n) is 10.2. The highest BCUT2D eigenvalue weighted by Gasteiger charge is 2.18. The fourth-order valence-corrected chi connectivity index (χ4v) is 1.60. The Morgan fingerprint density at radius 2 is 1.69 bits per heavy atom. The lowest BCUT2D eigenvalue weighted by molar-refractivity contribution is 0.0961. The number of Topliss-reactive ketones (excluding diaryl/α,β-unsaturated/α-hetero) is 1. The molecular formula is C13H18O3. The normalized spacial score (nSPS) is 10.3. The fraction of sp³-hybridized carbons (Fsp3) is 0.462. The van der Waals surface area contributed by atoms with Crippen molar-refractivity contribution in [1.82, 2.24) is 0 Å². The van der Waals surface area contributed by atoms with Crippen molar-refractivity contribution in [2.24, 2.45) is 5.92 Å². The standard InChI is InChI=1S/C13H18O3/c1-9(2)8-10(14)13-11(15-3)6-5-7-12(13)16-4/h5-7,9H,8H2,1-4H3. The van der Waals surface area contributed by atoms with Crippen molar-refractivity contribution in [3.05, 3.63) is 23.8 Å². The number of ketones is 1. The molecule has 3 nitrogen and oxygen atoms in total. The maximum atomic E-state index is 12.1. The second-order valence-corrected chi connectivity index (χ2v) is 4.06. The van der Waals surface area contributed by atoms with Crippen LogP contribution in [0.1, 0.15) is 30.6 Å². The van der Waals surface area contributed by atoms with Crippen LogP contribution in [-0.2, 0) is 0 Å². The molecule has 0 atom stereocenters. The van der Waals surface area contributed by atoms with E-state index in [1.165, 1.54) is 0 Å². The number of hydrogen-bond acceptors (Lipinski definition) is 3. The third kappa shape index (κ3) is 2.75. The van der Waals surface area contributed by atoms with Crippen LogP contribution in [0.25, 0.3) is 0 Å². The molecule has 0 saturated carbocycles. The Bertz CT molecular complexity index is 347. The van der Waals surface area contributed by atoms with Crippen LogP contribution >= 0.6 is 0 Å². The van der Waals surface area contributed by atoms with Crippen LogP contribution in [0.3, 0.4) is 0 Å². The van der Waals surface area contributed by atoms with Crippen molar-refractivity contribution in [1.29, 1.82) is 0 Å². The number of carbonyl (C=O) groups is 1. The van der Waals surface area contributed by atoms with E-state index in [-0.39, 0.29) is 5.78 Å². The van der Waals surface area contributed by atoms with Crippen LogP contribution in [0.2, 0.25) is 0 Å². The van der Waals surface area contributed by atoms with Gasteiger partial charge in [0.1, 0.15) is 17.1 Å². The van der Waals surface area contributed by atoms with Gasteiger partial charge in [-0.25, -0.2) is 0 Å². The number of rotatable bonds is 5. The van der Waals surface area contributed by atoms with Gasteiger partial charge < -0.3 is 9.47 Å². The lowest BCUT2D eigenvalue weighted by Crippen LogP contribution is -2.07. The van der Waals surface area contributed by atoms with Crippen molar-refractivity contribution in [2.45, 2.75) is 20.3 Å². The van der Waals surface area contributed by atoms with Gasteiger partial charge in [-0.3, -0.25) is 4.79 Å². The summed E-state index contributed by atoms with van der Waals surface area (Å²) in [5.74, 6) is 1.53. The molecule has 1 rings (SSSR count). The van der Waals surface area contributed by atoms with Gasteiger partial charge in [-0.05, 0) is 18.1 Å². The smallest absolute Gasteiger partial charge is 0.170 e. The second kappa shape index (κ2) is 5.54. The summed E-state index contributed by atoms with van der Waals surface area (Å²) in [6.45, 7) is 4.03. The minimum atomic E-state index is 0.0595. The molecule has 88 valence electrons. The molecule has 0 N–H and O–H groups in total. The lowest BCUT2D eigenvalue weighted by atomic mass is 9.99. The second-order valence-electron chi connectivity index (χ2n) is 4.06. The van der Waals surface area contributed by atoms with Gasteiger partial charge in [0.2, 0.25) is 0 Å². The molecule has 0 radical (unpaired) electrons. The summed E-state index contributed by atoms with van der Waals surface area (Å²) in [6, 6.07) is 5.36.